The maximum Gasteiger partial charge on any atom is 0.243 e. The van der Waals surface area contributed by atoms with Gasteiger partial charge in [-0.3, -0.25) is 0 Å². The Morgan fingerprint density at radius 3 is 1.70 bits per heavy atom. The number of hydrogen-bond donors (Lipinski definition) is 0. The molecule has 164 valence electrons. The van der Waals surface area contributed by atoms with Crippen molar-refractivity contribution < 1.29 is 25.6 Å². The SMILES string of the molecule is CC(C)Cc1ccc(S(=O)(=O)N2CCN(S(=O)(=O)c3ccc(F)c(F)c3)CC2)cc1. The van der Waals surface area contributed by atoms with Gasteiger partial charge in [-0.1, -0.05) is 26.0 Å². The maximum absolute atomic E-state index is 13.4. The molecule has 1 aliphatic heterocycles. The number of nitrogens with zero attached hydrogens (tertiary/aromatic N) is 2. The van der Waals surface area contributed by atoms with E-state index in [1.165, 1.54) is 4.31 Å². The first kappa shape index (κ1) is 22.8. The molecule has 30 heavy (non-hydrogen) atoms. The van der Waals surface area contributed by atoms with Crippen LogP contribution in [0.3, 0.4) is 0 Å². The fourth-order valence-electron chi connectivity index (χ4n) is 3.35. The van der Waals surface area contributed by atoms with Crippen LogP contribution >= 0.6 is 0 Å². The van der Waals surface area contributed by atoms with E-state index in [1.807, 2.05) is 0 Å². The number of halogens is 2. The predicted molar refractivity (Wildman–Crippen MR) is 109 cm³/mol. The van der Waals surface area contributed by atoms with E-state index in [1.54, 1.807) is 24.3 Å². The fourth-order valence-corrected chi connectivity index (χ4v) is 6.21. The van der Waals surface area contributed by atoms with Gasteiger partial charge in [0.25, 0.3) is 0 Å². The highest BCUT2D eigenvalue weighted by Crippen LogP contribution is 2.23. The summed E-state index contributed by atoms with van der Waals surface area (Å²) in [7, 11) is -7.80. The highest BCUT2D eigenvalue weighted by molar-refractivity contribution is 7.89. The lowest BCUT2D eigenvalue weighted by molar-refractivity contribution is 0.272. The first-order valence-corrected chi connectivity index (χ1v) is 12.4. The van der Waals surface area contributed by atoms with Gasteiger partial charge in [-0.15, -0.1) is 0 Å². The zero-order valence-electron chi connectivity index (χ0n) is 16.8. The van der Waals surface area contributed by atoms with Gasteiger partial charge >= 0.3 is 0 Å². The van der Waals surface area contributed by atoms with Crippen molar-refractivity contribution in [3.8, 4) is 0 Å². The zero-order chi connectivity index (χ0) is 22.1. The smallest absolute Gasteiger partial charge is 0.207 e. The number of piperazine rings is 1. The standard InChI is InChI=1S/C20H24F2N2O4S2/c1-15(2)13-16-3-5-17(6-4-16)29(25,26)23-9-11-24(12-10-23)30(27,28)18-7-8-19(21)20(22)14-18/h3-8,14-15H,9-13H2,1-2H3. The van der Waals surface area contributed by atoms with Gasteiger partial charge < -0.3 is 0 Å². The summed E-state index contributed by atoms with van der Waals surface area (Å²) < 4.78 is 80.0. The van der Waals surface area contributed by atoms with Crippen LogP contribution in [0.2, 0.25) is 0 Å². The van der Waals surface area contributed by atoms with Crippen molar-refractivity contribution in [2.75, 3.05) is 26.2 Å². The third-order valence-electron chi connectivity index (χ3n) is 4.93. The molecule has 0 atom stereocenters. The Bertz CT molecular complexity index is 1110. The molecule has 0 spiro atoms. The lowest BCUT2D eigenvalue weighted by Gasteiger charge is -2.33. The quantitative estimate of drug-likeness (QED) is 0.667. The average Bonchev–Trinajstić information content (AvgIpc) is 2.70. The van der Waals surface area contributed by atoms with E-state index in [0.717, 1.165) is 28.4 Å². The van der Waals surface area contributed by atoms with Crippen LogP contribution in [0.1, 0.15) is 19.4 Å². The van der Waals surface area contributed by atoms with Crippen LogP contribution in [-0.2, 0) is 26.5 Å². The van der Waals surface area contributed by atoms with Crippen LogP contribution in [0.15, 0.2) is 52.3 Å². The molecule has 0 saturated carbocycles. The first-order valence-electron chi connectivity index (χ1n) is 9.56. The Balaban J connectivity index is 1.71. The van der Waals surface area contributed by atoms with Crippen molar-refractivity contribution in [3.05, 3.63) is 59.7 Å². The minimum atomic E-state index is -4.05. The summed E-state index contributed by atoms with van der Waals surface area (Å²) in [4.78, 5) is -0.203. The molecule has 0 aromatic heterocycles. The van der Waals surface area contributed by atoms with Crippen LogP contribution in [-0.4, -0.2) is 51.6 Å². The lowest BCUT2D eigenvalue weighted by atomic mass is 10.0. The van der Waals surface area contributed by atoms with Crippen molar-refractivity contribution >= 4 is 20.0 Å². The molecule has 0 unspecified atom stereocenters. The predicted octanol–water partition coefficient (Wildman–Crippen LogP) is 2.86. The molecule has 1 saturated heterocycles. The Morgan fingerprint density at radius 2 is 1.23 bits per heavy atom. The second-order valence-corrected chi connectivity index (χ2v) is 11.5. The third kappa shape index (κ3) is 4.72. The van der Waals surface area contributed by atoms with Crippen LogP contribution in [0.4, 0.5) is 8.78 Å². The molecule has 0 aliphatic carbocycles. The van der Waals surface area contributed by atoms with Gasteiger partial charge in [-0.2, -0.15) is 8.61 Å². The van der Waals surface area contributed by atoms with Gasteiger partial charge in [0.1, 0.15) is 0 Å². The topological polar surface area (TPSA) is 74.8 Å². The van der Waals surface area contributed by atoms with Crippen LogP contribution in [0, 0.1) is 17.6 Å². The van der Waals surface area contributed by atoms with E-state index in [2.05, 4.69) is 13.8 Å². The minimum absolute atomic E-state index is 0.0288. The number of benzene rings is 2. The van der Waals surface area contributed by atoms with Gasteiger partial charge in [0.15, 0.2) is 11.6 Å². The largest absolute Gasteiger partial charge is 0.243 e. The van der Waals surface area contributed by atoms with Gasteiger partial charge in [0.05, 0.1) is 9.79 Å². The molecule has 0 N–H and O–H groups in total. The zero-order valence-corrected chi connectivity index (χ0v) is 18.4. The normalized spacial score (nSPS) is 16.8. The summed E-state index contributed by atoms with van der Waals surface area (Å²) in [6.07, 6.45) is 0.848. The summed E-state index contributed by atoms with van der Waals surface area (Å²) in [5, 5.41) is 0. The molecule has 1 aliphatic rings. The first-order chi connectivity index (χ1) is 14.0. The molecule has 2 aromatic rings. The van der Waals surface area contributed by atoms with E-state index >= 15 is 0 Å². The molecule has 10 heteroatoms. The van der Waals surface area contributed by atoms with Gasteiger partial charge in [0, 0.05) is 26.2 Å². The van der Waals surface area contributed by atoms with Crippen molar-refractivity contribution in [2.24, 2.45) is 5.92 Å². The highest BCUT2D eigenvalue weighted by atomic mass is 32.2. The molecule has 0 amide bonds. The molecule has 0 bridgehead atoms. The summed E-state index contributed by atoms with van der Waals surface area (Å²) in [6.45, 7) is 3.95. The summed E-state index contributed by atoms with van der Waals surface area (Å²) in [5.41, 5.74) is 1.05. The molecular formula is C20H24F2N2O4S2. The molecule has 1 heterocycles. The Labute approximate surface area is 176 Å². The van der Waals surface area contributed by atoms with Gasteiger partial charge in [-0.05, 0) is 48.2 Å². The number of hydrogen-bond acceptors (Lipinski definition) is 4. The molecule has 6 nitrogen and oxygen atoms in total. The minimum Gasteiger partial charge on any atom is -0.207 e. The maximum atomic E-state index is 13.4. The second-order valence-electron chi connectivity index (χ2n) is 7.63. The van der Waals surface area contributed by atoms with Crippen LogP contribution in [0.5, 0.6) is 0 Å². The summed E-state index contributed by atoms with van der Waals surface area (Å²) in [6, 6.07) is 9.09. The summed E-state index contributed by atoms with van der Waals surface area (Å²) in [5.74, 6) is -1.93. The van der Waals surface area contributed by atoms with E-state index in [0.29, 0.717) is 12.0 Å². The third-order valence-corrected chi connectivity index (χ3v) is 8.74. The van der Waals surface area contributed by atoms with Crippen molar-refractivity contribution in [3.63, 3.8) is 0 Å². The number of sulfonamides is 2. The van der Waals surface area contributed by atoms with E-state index in [9.17, 15) is 25.6 Å². The van der Waals surface area contributed by atoms with Crippen LogP contribution < -0.4 is 0 Å². The van der Waals surface area contributed by atoms with E-state index < -0.39 is 31.7 Å². The molecular weight excluding hydrogens is 434 g/mol. The van der Waals surface area contributed by atoms with E-state index in [4.69, 9.17) is 0 Å². The Kier molecular flexibility index (Phi) is 6.61. The lowest BCUT2D eigenvalue weighted by Crippen LogP contribution is -2.50. The van der Waals surface area contributed by atoms with E-state index in [-0.39, 0.29) is 36.0 Å². The van der Waals surface area contributed by atoms with Crippen molar-refractivity contribution in [1.82, 2.24) is 8.61 Å². The highest BCUT2D eigenvalue weighted by Gasteiger charge is 2.34. The average molecular weight is 459 g/mol. The van der Waals surface area contributed by atoms with Gasteiger partial charge in [0.2, 0.25) is 20.0 Å². The van der Waals surface area contributed by atoms with Crippen molar-refractivity contribution in [2.45, 2.75) is 30.1 Å². The molecule has 2 aromatic carbocycles. The monoisotopic (exact) mass is 458 g/mol. The molecule has 0 radical (unpaired) electrons. The molecule has 3 rings (SSSR count). The molecule has 1 fully saturated rings. The van der Waals surface area contributed by atoms with Crippen LogP contribution in [0.25, 0.3) is 0 Å². The van der Waals surface area contributed by atoms with Crippen molar-refractivity contribution in [1.29, 1.82) is 0 Å². The summed E-state index contributed by atoms with van der Waals surface area (Å²) >= 11 is 0. The Hall–Kier alpha value is -1.88. The number of rotatable bonds is 6. The second kappa shape index (κ2) is 8.70. The fraction of sp³-hybridized carbons (Fsp3) is 0.400. The van der Waals surface area contributed by atoms with Gasteiger partial charge in [-0.25, -0.2) is 25.6 Å². The Morgan fingerprint density at radius 1 is 0.767 bits per heavy atom.